The Morgan fingerprint density at radius 2 is 2.06 bits per heavy atom. The van der Waals surface area contributed by atoms with Crippen molar-refractivity contribution in [3.05, 3.63) is 29.3 Å². The molecule has 100 valence electrons. The Labute approximate surface area is 109 Å². The van der Waals surface area contributed by atoms with Crippen LogP contribution in [0.25, 0.3) is 0 Å². The zero-order valence-corrected chi connectivity index (χ0v) is 11.2. The Balaban J connectivity index is 2.00. The van der Waals surface area contributed by atoms with Crippen LogP contribution >= 0.6 is 0 Å². The third-order valence-corrected chi connectivity index (χ3v) is 3.46. The van der Waals surface area contributed by atoms with Crippen LogP contribution in [0.1, 0.15) is 30.9 Å². The molecule has 0 amide bonds. The Hall–Kier alpha value is -1.06. The number of phenols is 1. The Bertz CT molecular complexity index is 373. The van der Waals surface area contributed by atoms with Crippen molar-refractivity contribution < 1.29 is 9.84 Å². The van der Waals surface area contributed by atoms with E-state index in [4.69, 9.17) is 4.74 Å². The minimum atomic E-state index is 0.418. The third-order valence-electron chi connectivity index (χ3n) is 3.46. The van der Waals surface area contributed by atoms with E-state index in [1.165, 1.54) is 18.4 Å². The molecule has 0 bridgehead atoms. The highest BCUT2D eigenvalue weighted by Crippen LogP contribution is 2.21. The van der Waals surface area contributed by atoms with Gasteiger partial charge in [0.25, 0.3) is 0 Å². The normalized spacial score (nSPS) is 16.9. The van der Waals surface area contributed by atoms with E-state index in [1.807, 2.05) is 12.1 Å². The highest BCUT2D eigenvalue weighted by Gasteiger charge is 2.13. The van der Waals surface area contributed by atoms with Crippen LogP contribution in [-0.2, 0) is 17.7 Å². The number of aromatic hydroxyl groups is 1. The molecule has 1 aliphatic heterocycles. The van der Waals surface area contributed by atoms with Gasteiger partial charge in [-0.3, -0.25) is 4.90 Å². The molecule has 2 rings (SSSR count). The van der Waals surface area contributed by atoms with E-state index >= 15 is 0 Å². The summed E-state index contributed by atoms with van der Waals surface area (Å²) in [6.45, 7) is 6.55. The van der Waals surface area contributed by atoms with Crippen molar-refractivity contribution in [2.75, 3.05) is 26.3 Å². The summed E-state index contributed by atoms with van der Waals surface area (Å²) >= 11 is 0. The van der Waals surface area contributed by atoms with E-state index in [0.717, 1.165) is 44.8 Å². The van der Waals surface area contributed by atoms with Gasteiger partial charge in [-0.25, -0.2) is 0 Å². The second-order valence-corrected chi connectivity index (χ2v) is 4.96. The van der Waals surface area contributed by atoms with E-state index in [1.54, 1.807) is 0 Å². The van der Waals surface area contributed by atoms with Gasteiger partial charge in [0.15, 0.2) is 0 Å². The topological polar surface area (TPSA) is 32.7 Å². The van der Waals surface area contributed by atoms with Gasteiger partial charge in [-0.05, 0) is 24.5 Å². The van der Waals surface area contributed by atoms with Crippen molar-refractivity contribution in [3.63, 3.8) is 0 Å². The van der Waals surface area contributed by atoms with Crippen molar-refractivity contribution in [3.8, 4) is 5.75 Å². The maximum absolute atomic E-state index is 9.93. The minimum Gasteiger partial charge on any atom is -0.508 e. The molecule has 0 spiro atoms. The van der Waals surface area contributed by atoms with Crippen LogP contribution in [0.3, 0.4) is 0 Å². The van der Waals surface area contributed by atoms with Gasteiger partial charge in [-0.1, -0.05) is 25.5 Å². The second kappa shape index (κ2) is 6.76. The number of nitrogens with zero attached hydrogens (tertiary/aromatic N) is 1. The van der Waals surface area contributed by atoms with Gasteiger partial charge in [0, 0.05) is 25.2 Å². The molecule has 1 saturated heterocycles. The fourth-order valence-electron chi connectivity index (χ4n) is 2.30. The number of rotatable bonds is 5. The summed E-state index contributed by atoms with van der Waals surface area (Å²) in [7, 11) is 0. The van der Waals surface area contributed by atoms with Gasteiger partial charge in [0.05, 0.1) is 13.2 Å². The van der Waals surface area contributed by atoms with Gasteiger partial charge in [0.2, 0.25) is 0 Å². The van der Waals surface area contributed by atoms with Gasteiger partial charge in [-0.15, -0.1) is 0 Å². The maximum Gasteiger partial charge on any atom is 0.120 e. The van der Waals surface area contributed by atoms with Crippen molar-refractivity contribution in [2.24, 2.45) is 0 Å². The molecule has 0 aliphatic carbocycles. The minimum absolute atomic E-state index is 0.418. The smallest absolute Gasteiger partial charge is 0.120 e. The number of hydrogen-bond donors (Lipinski definition) is 1. The lowest BCUT2D eigenvalue weighted by Crippen LogP contribution is -2.35. The zero-order chi connectivity index (χ0) is 12.8. The Kier molecular flexibility index (Phi) is 5.02. The number of morpholine rings is 1. The fourth-order valence-corrected chi connectivity index (χ4v) is 2.30. The van der Waals surface area contributed by atoms with E-state index in [9.17, 15) is 5.11 Å². The van der Waals surface area contributed by atoms with Crippen molar-refractivity contribution in [1.29, 1.82) is 0 Å². The average molecular weight is 249 g/mol. The highest BCUT2D eigenvalue weighted by atomic mass is 16.5. The fraction of sp³-hybridized carbons (Fsp3) is 0.600. The molecule has 0 aromatic heterocycles. The molecule has 0 saturated carbocycles. The van der Waals surface area contributed by atoms with Crippen molar-refractivity contribution in [2.45, 2.75) is 32.7 Å². The van der Waals surface area contributed by atoms with E-state index in [2.05, 4.69) is 17.9 Å². The maximum atomic E-state index is 9.93. The zero-order valence-electron chi connectivity index (χ0n) is 11.2. The summed E-state index contributed by atoms with van der Waals surface area (Å²) < 4.78 is 5.34. The van der Waals surface area contributed by atoms with Crippen LogP contribution in [0.15, 0.2) is 18.2 Å². The van der Waals surface area contributed by atoms with Gasteiger partial charge in [-0.2, -0.15) is 0 Å². The lowest BCUT2D eigenvalue weighted by molar-refractivity contribution is 0.0339. The summed E-state index contributed by atoms with van der Waals surface area (Å²) in [5.74, 6) is 0.418. The monoisotopic (exact) mass is 249 g/mol. The van der Waals surface area contributed by atoms with Crippen molar-refractivity contribution >= 4 is 0 Å². The first-order valence-electron chi connectivity index (χ1n) is 6.90. The molecule has 0 unspecified atom stereocenters. The Morgan fingerprint density at radius 1 is 1.28 bits per heavy atom. The summed E-state index contributed by atoms with van der Waals surface area (Å²) in [4.78, 5) is 2.34. The van der Waals surface area contributed by atoms with Gasteiger partial charge >= 0.3 is 0 Å². The molecule has 1 aromatic carbocycles. The first kappa shape index (κ1) is 13.4. The number of ether oxygens (including phenoxy) is 1. The quantitative estimate of drug-likeness (QED) is 0.870. The number of aryl methyl sites for hydroxylation is 1. The third kappa shape index (κ3) is 3.72. The first-order valence-corrected chi connectivity index (χ1v) is 6.90. The SMILES string of the molecule is CCCCc1ccc(O)c(CN2CCOCC2)c1. The molecule has 3 heteroatoms. The largest absolute Gasteiger partial charge is 0.508 e. The summed E-state index contributed by atoms with van der Waals surface area (Å²) in [6, 6.07) is 6.02. The van der Waals surface area contributed by atoms with Crippen LogP contribution in [-0.4, -0.2) is 36.3 Å². The standard InChI is InChI=1S/C15H23NO2/c1-2-3-4-13-5-6-15(17)14(11-13)12-16-7-9-18-10-8-16/h5-6,11,17H,2-4,7-10,12H2,1H3. The van der Waals surface area contributed by atoms with Crippen LogP contribution in [0.5, 0.6) is 5.75 Å². The lowest BCUT2D eigenvalue weighted by Gasteiger charge is -2.27. The van der Waals surface area contributed by atoms with Gasteiger partial charge < -0.3 is 9.84 Å². The average Bonchev–Trinajstić information content (AvgIpc) is 2.41. The Morgan fingerprint density at radius 3 is 2.78 bits per heavy atom. The number of benzene rings is 1. The predicted octanol–water partition coefficient (Wildman–Crippen LogP) is 2.57. The molecule has 3 nitrogen and oxygen atoms in total. The van der Waals surface area contributed by atoms with E-state index < -0.39 is 0 Å². The predicted molar refractivity (Wildman–Crippen MR) is 72.8 cm³/mol. The van der Waals surface area contributed by atoms with Crippen molar-refractivity contribution in [1.82, 2.24) is 4.90 Å². The molecule has 1 aromatic rings. The number of phenolic OH excluding ortho intramolecular Hbond substituents is 1. The lowest BCUT2D eigenvalue weighted by atomic mass is 10.0. The van der Waals surface area contributed by atoms with Crippen LogP contribution in [0, 0.1) is 0 Å². The summed E-state index contributed by atoms with van der Waals surface area (Å²) in [5.41, 5.74) is 2.38. The molecule has 1 fully saturated rings. The summed E-state index contributed by atoms with van der Waals surface area (Å²) in [5, 5.41) is 9.93. The molecular weight excluding hydrogens is 226 g/mol. The molecule has 1 N–H and O–H groups in total. The molecular formula is C15H23NO2. The molecule has 1 heterocycles. The molecule has 0 atom stereocenters. The molecule has 0 radical (unpaired) electrons. The highest BCUT2D eigenvalue weighted by molar-refractivity contribution is 5.36. The molecule has 1 aliphatic rings. The van der Waals surface area contributed by atoms with E-state index in [0.29, 0.717) is 5.75 Å². The number of unbranched alkanes of at least 4 members (excludes halogenated alkanes) is 1. The molecule has 18 heavy (non-hydrogen) atoms. The second-order valence-electron chi connectivity index (χ2n) is 4.96. The van der Waals surface area contributed by atoms with Crippen LogP contribution < -0.4 is 0 Å². The van der Waals surface area contributed by atoms with E-state index in [-0.39, 0.29) is 0 Å². The van der Waals surface area contributed by atoms with Crippen LogP contribution in [0.4, 0.5) is 0 Å². The summed E-state index contributed by atoms with van der Waals surface area (Å²) in [6.07, 6.45) is 3.52. The van der Waals surface area contributed by atoms with Crippen LogP contribution in [0.2, 0.25) is 0 Å². The first-order chi connectivity index (χ1) is 8.79. The van der Waals surface area contributed by atoms with Gasteiger partial charge in [0.1, 0.15) is 5.75 Å². The number of hydrogen-bond acceptors (Lipinski definition) is 3.